The van der Waals surface area contributed by atoms with E-state index in [2.05, 4.69) is 4.74 Å². The van der Waals surface area contributed by atoms with Crippen LogP contribution in [0.1, 0.15) is 22.8 Å². The number of benzene rings is 2. The minimum Gasteiger partial charge on any atom is -0.469 e. The fraction of sp³-hybridized carbons (Fsp3) is 0.300. The molecular formula is C20H21NO4. The molecular weight excluding hydrogens is 318 g/mol. The number of esters is 1. The van der Waals surface area contributed by atoms with Gasteiger partial charge in [0.15, 0.2) is 0 Å². The number of ether oxygens (including phenoxy) is 2. The molecule has 25 heavy (non-hydrogen) atoms. The molecule has 0 aliphatic carbocycles. The van der Waals surface area contributed by atoms with Crippen LogP contribution in [-0.4, -0.2) is 37.2 Å². The highest BCUT2D eigenvalue weighted by atomic mass is 16.6. The molecule has 0 radical (unpaired) electrons. The van der Waals surface area contributed by atoms with Gasteiger partial charge in [-0.2, -0.15) is 0 Å². The van der Waals surface area contributed by atoms with Crippen molar-refractivity contribution in [1.82, 2.24) is 4.90 Å². The first kappa shape index (κ1) is 17.0. The van der Waals surface area contributed by atoms with Gasteiger partial charge in [-0.1, -0.05) is 54.6 Å². The predicted molar refractivity (Wildman–Crippen MR) is 93.1 cm³/mol. The van der Waals surface area contributed by atoms with Gasteiger partial charge >= 0.3 is 12.1 Å². The lowest BCUT2D eigenvalue weighted by Crippen LogP contribution is -2.26. The van der Waals surface area contributed by atoms with Crippen molar-refractivity contribution < 1.29 is 19.1 Å². The van der Waals surface area contributed by atoms with Crippen molar-refractivity contribution in [2.45, 2.75) is 18.9 Å². The van der Waals surface area contributed by atoms with Gasteiger partial charge in [0.25, 0.3) is 0 Å². The highest BCUT2D eigenvalue weighted by molar-refractivity contribution is 5.72. The Bertz CT molecular complexity index is 727. The number of hydrogen-bond acceptors (Lipinski definition) is 4. The van der Waals surface area contributed by atoms with Gasteiger partial charge in [0, 0.05) is 6.54 Å². The average molecular weight is 339 g/mol. The summed E-state index contributed by atoms with van der Waals surface area (Å²) in [5, 5.41) is 0. The van der Waals surface area contributed by atoms with Crippen molar-refractivity contribution in [2.24, 2.45) is 0 Å². The topological polar surface area (TPSA) is 55.8 Å². The zero-order valence-corrected chi connectivity index (χ0v) is 14.2. The Morgan fingerprint density at radius 2 is 1.80 bits per heavy atom. The molecule has 2 aromatic carbocycles. The van der Waals surface area contributed by atoms with Gasteiger partial charge in [-0.15, -0.1) is 0 Å². The quantitative estimate of drug-likeness (QED) is 0.759. The van der Waals surface area contributed by atoms with Gasteiger partial charge in [-0.25, -0.2) is 4.79 Å². The lowest BCUT2D eigenvalue weighted by Gasteiger charge is -2.13. The molecule has 0 saturated carbocycles. The van der Waals surface area contributed by atoms with Gasteiger partial charge in [0.1, 0.15) is 6.10 Å². The normalized spacial score (nSPS) is 16.6. The zero-order chi connectivity index (χ0) is 17.6. The molecule has 5 nitrogen and oxygen atoms in total. The predicted octanol–water partition coefficient (Wildman–Crippen LogP) is 3.14. The third-order valence-electron chi connectivity index (χ3n) is 4.33. The number of carbonyl (C=O) groups is 2. The second-order valence-electron chi connectivity index (χ2n) is 6.05. The van der Waals surface area contributed by atoms with Crippen molar-refractivity contribution >= 4 is 12.1 Å². The highest BCUT2D eigenvalue weighted by Crippen LogP contribution is 2.25. The lowest BCUT2D eigenvalue weighted by atomic mass is 10.1. The SMILES string of the molecule is COC(=O)Cc1ccc(CCN2CC(c3ccccc3)OC2=O)cc1. The van der Waals surface area contributed by atoms with Crippen LogP contribution >= 0.6 is 0 Å². The van der Waals surface area contributed by atoms with Crippen molar-refractivity contribution in [3.8, 4) is 0 Å². The minimum atomic E-state index is -0.267. The Hall–Kier alpha value is -2.82. The molecule has 3 rings (SSSR count). The maximum absolute atomic E-state index is 12.0. The second kappa shape index (κ2) is 7.83. The van der Waals surface area contributed by atoms with Crippen LogP contribution in [0.5, 0.6) is 0 Å². The van der Waals surface area contributed by atoms with E-state index in [1.165, 1.54) is 7.11 Å². The van der Waals surface area contributed by atoms with Crippen LogP contribution < -0.4 is 0 Å². The van der Waals surface area contributed by atoms with Crippen LogP contribution in [-0.2, 0) is 27.1 Å². The van der Waals surface area contributed by atoms with E-state index in [0.29, 0.717) is 13.1 Å². The summed E-state index contributed by atoms with van der Waals surface area (Å²) in [6, 6.07) is 17.6. The van der Waals surface area contributed by atoms with E-state index in [0.717, 1.165) is 23.1 Å². The molecule has 0 spiro atoms. The maximum atomic E-state index is 12.0. The smallest absolute Gasteiger partial charge is 0.410 e. The summed E-state index contributed by atoms with van der Waals surface area (Å²) >= 11 is 0. The first-order chi connectivity index (χ1) is 12.2. The van der Waals surface area contributed by atoms with Crippen molar-refractivity contribution in [3.05, 3.63) is 71.3 Å². The molecule has 1 aliphatic rings. The van der Waals surface area contributed by atoms with Gasteiger partial charge in [0.2, 0.25) is 0 Å². The third kappa shape index (κ3) is 4.38. The largest absolute Gasteiger partial charge is 0.469 e. The first-order valence-corrected chi connectivity index (χ1v) is 8.31. The van der Waals surface area contributed by atoms with Crippen LogP contribution in [0, 0.1) is 0 Å². The monoisotopic (exact) mass is 339 g/mol. The van der Waals surface area contributed by atoms with E-state index in [-0.39, 0.29) is 24.6 Å². The van der Waals surface area contributed by atoms with Crippen molar-refractivity contribution in [1.29, 1.82) is 0 Å². The summed E-state index contributed by atoms with van der Waals surface area (Å²) in [4.78, 5) is 25.0. The number of methoxy groups -OCH3 is 1. The zero-order valence-electron chi connectivity index (χ0n) is 14.2. The number of amides is 1. The van der Waals surface area contributed by atoms with Crippen molar-refractivity contribution in [2.75, 3.05) is 20.2 Å². The maximum Gasteiger partial charge on any atom is 0.410 e. The summed E-state index contributed by atoms with van der Waals surface area (Å²) in [5.74, 6) is -0.250. The fourth-order valence-corrected chi connectivity index (χ4v) is 2.86. The fourth-order valence-electron chi connectivity index (χ4n) is 2.86. The van der Waals surface area contributed by atoms with Crippen LogP contribution in [0.3, 0.4) is 0 Å². The van der Waals surface area contributed by atoms with E-state index in [1.54, 1.807) is 4.90 Å². The molecule has 1 fully saturated rings. The second-order valence-corrected chi connectivity index (χ2v) is 6.05. The molecule has 0 N–H and O–H groups in total. The molecule has 5 heteroatoms. The number of carbonyl (C=O) groups excluding carboxylic acids is 2. The Labute approximate surface area is 147 Å². The van der Waals surface area contributed by atoms with E-state index >= 15 is 0 Å². The molecule has 0 aromatic heterocycles. The molecule has 0 bridgehead atoms. The van der Waals surface area contributed by atoms with Gasteiger partial charge in [-0.3, -0.25) is 4.79 Å². The molecule has 1 atom stereocenters. The number of rotatable bonds is 6. The van der Waals surface area contributed by atoms with E-state index in [1.807, 2.05) is 54.6 Å². The molecule has 130 valence electrons. The number of nitrogens with zero attached hydrogens (tertiary/aromatic N) is 1. The average Bonchev–Trinajstić information content (AvgIpc) is 3.02. The van der Waals surface area contributed by atoms with Crippen LogP contribution in [0.4, 0.5) is 4.79 Å². The Balaban J connectivity index is 1.53. The molecule has 2 aromatic rings. The molecule has 1 saturated heterocycles. The van der Waals surface area contributed by atoms with E-state index in [9.17, 15) is 9.59 Å². The van der Waals surface area contributed by atoms with Crippen LogP contribution in [0.25, 0.3) is 0 Å². The highest BCUT2D eigenvalue weighted by Gasteiger charge is 2.31. The minimum absolute atomic E-state index is 0.198. The molecule has 1 unspecified atom stereocenters. The standard InChI is InChI=1S/C20H21NO4/c1-24-19(22)13-16-9-7-15(8-10-16)11-12-21-14-18(25-20(21)23)17-5-3-2-4-6-17/h2-10,18H,11-14H2,1H3. The lowest BCUT2D eigenvalue weighted by molar-refractivity contribution is -0.139. The Kier molecular flexibility index (Phi) is 5.33. The van der Waals surface area contributed by atoms with Gasteiger partial charge in [0.05, 0.1) is 20.1 Å². The summed E-state index contributed by atoms with van der Waals surface area (Å²) in [7, 11) is 1.38. The summed E-state index contributed by atoms with van der Waals surface area (Å²) in [6.45, 7) is 1.18. The van der Waals surface area contributed by atoms with Crippen LogP contribution in [0.2, 0.25) is 0 Å². The van der Waals surface area contributed by atoms with Crippen LogP contribution in [0.15, 0.2) is 54.6 Å². The molecule has 1 amide bonds. The summed E-state index contributed by atoms with van der Waals surface area (Å²) in [6.07, 6.45) is 0.551. The Morgan fingerprint density at radius 3 is 2.48 bits per heavy atom. The Morgan fingerprint density at radius 1 is 1.12 bits per heavy atom. The van der Waals surface area contributed by atoms with E-state index < -0.39 is 0 Å². The third-order valence-corrected chi connectivity index (χ3v) is 4.33. The van der Waals surface area contributed by atoms with E-state index in [4.69, 9.17) is 4.74 Å². The summed E-state index contributed by atoms with van der Waals surface area (Å²) in [5.41, 5.74) is 3.05. The van der Waals surface area contributed by atoms with Gasteiger partial charge < -0.3 is 14.4 Å². The van der Waals surface area contributed by atoms with Gasteiger partial charge in [-0.05, 0) is 23.1 Å². The molecule has 1 aliphatic heterocycles. The summed E-state index contributed by atoms with van der Waals surface area (Å²) < 4.78 is 10.1. The molecule has 1 heterocycles. The first-order valence-electron chi connectivity index (χ1n) is 8.31. The van der Waals surface area contributed by atoms with Crippen molar-refractivity contribution in [3.63, 3.8) is 0 Å². The number of hydrogen-bond donors (Lipinski definition) is 0. The number of cyclic esters (lactones) is 1.